The van der Waals surface area contributed by atoms with Crippen molar-refractivity contribution >= 4 is 11.7 Å². The number of benzene rings is 1. The summed E-state index contributed by atoms with van der Waals surface area (Å²) in [7, 11) is 3.25. The van der Waals surface area contributed by atoms with Crippen LogP contribution in [0.3, 0.4) is 0 Å². The molecule has 1 aromatic rings. The van der Waals surface area contributed by atoms with E-state index in [1.54, 1.807) is 33.3 Å². The Labute approximate surface area is 107 Å². The molecular weight excluding hydrogens is 234 g/mol. The average molecular weight is 253 g/mol. The van der Waals surface area contributed by atoms with Gasteiger partial charge in [0.2, 0.25) is 0 Å². The number of hydrogen-bond acceptors (Lipinski definition) is 4. The van der Waals surface area contributed by atoms with E-state index in [2.05, 4.69) is 5.32 Å². The molecule has 18 heavy (non-hydrogen) atoms. The molecular formula is C13H19NO4. The van der Waals surface area contributed by atoms with E-state index in [1.807, 2.05) is 6.07 Å². The van der Waals surface area contributed by atoms with Crippen molar-refractivity contribution in [3.05, 3.63) is 29.3 Å². The Morgan fingerprint density at radius 3 is 2.67 bits per heavy atom. The monoisotopic (exact) mass is 253 g/mol. The summed E-state index contributed by atoms with van der Waals surface area (Å²) in [4.78, 5) is 10.9. The molecule has 0 saturated carbocycles. The highest BCUT2D eigenvalue weighted by molar-refractivity contribution is 5.89. The largest absolute Gasteiger partial charge is 0.478 e. The molecule has 0 bridgehead atoms. The molecule has 0 heterocycles. The Morgan fingerprint density at radius 2 is 2.17 bits per heavy atom. The molecule has 0 fully saturated rings. The van der Waals surface area contributed by atoms with Gasteiger partial charge in [0.1, 0.15) is 0 Å². The van der Waals surface area contributed by atoms with Crippen LogP contribution >= 0.6 is 0 Å². The van der Waals surface area contributed by atoms with Crippen molar-refractivity contribution in [1.29, 1.82) is 0 Å². The van der Waals surface area contributed by atoms with Crippen LogP contribution in [-0.4, -0.2) is 44.6 Å². The van der Waals surface area contributed by atoms with Gasteiger partial charge in [-0.15, -0.1) is 0 Å². The minimum atomic E-state index is -0.909. The zero-order valence-electron chi connectivity index (χ0n) is 10.9. The van der Waals surface area contributed by atoms with E-state index in [-0.39, 0.29) is 6.10 Å². The van der Waals surface area contributed by atoms with Crippen molar-refractivity contribution in [3.8, 4) is 0 Å². The molecule has 1 unspecified atom stereocenters. The molecule has 1 aromatic carbocycles. The highest BCUT2D eigenvalue weighted by Crippen LogP contribution is 2.15. The molecule has 5 heteroatoms. The summed E-state index contributed by atoms with van der Waals surface area (Å²) in [5.41, 5.74) is 1.92. The molecule has 0 spiro atoms. The molecule has 1 rings (SSSR count). The third-order valence-corrected chi connectivity index (χ3v) is 2.68. The number of aryl methyl sites for hydroxylation is 1. The van der Waals surface area contributed by atoms with Gasteiger partial charge >= 0.3 is 5.97 Å². The van der Waals surface area contributed by atoms with E-state index in [9.17, 15) is 4.79 Å². The van der Waals surface area contributed by atoms with Gasteiger partial charge in [0, 0.05) is 26.5 Å². The highest BCUT2D eigenvalue weighted by Gasteiger charge is 2.09. The number of carboxylic acid groups (broad SMARTS) is 1. The Kier molecular flexibility index (Phi) is 5.61. The van der Waals surface area contributed by atoms with E-state index >= 15 is 0 Å². The molecule has 5 nitrogen and oxygen atoms in total. The lowest BCUT2D eigenvalue weighted by atomic mass is 10.1. The number of aromatic carboxylic acids is 1. The van der Waals surface area contributed by atoms with Crippen LogP contribution in [-0.2, 0) is 9.47 Å². The topological polar surface area (TPSA) is 67.8 Å². The quantitative estimate of drug-likeness (QED) is 0.775. The second-order valence-corrected chi connectivity index (χ2v) is 4.03. The van der Waals surface area contributed by atoms with Crippen molar-refractivity contribution in [2.24, 2.45) is 0 Å². The lowest BCUT2D eigenvalue weighted by molar-refractivity contribution is 0.0365. The van der Waals surface area contributed by atoms with E-state index in [0.29, 0.717) is 18.7 Å². The van der Waals surface area contributed by atoms with Crippen LogP contribution in [0.2, 0.25) is 0 Å². The number of ether oxygens (including phenoxy) is 2. The van der Waals surface area contributed by atoms with E-state index < -0.39 is 5.97 Å². The van der Waals surface area contributed by atoms with Gasteiger partial charge in [-0.2, -0.15) is 0 Å². The zero-order chi connectivity index (χ0) is 13.5. The highest BCUT2D eigenvalue weighted by atomic mass is 16.5. The van der Waals surface area contributed by atoms with E-state index in [4.69, 9.17) is 14.6 Å². The lowest BCUT2D eigenvalue weighted by Gasteiger charge is -2.16. The van der Waals surface area contributed by atoms with Gasteiger partial charge in [0.15, 0.2) is 0 Å². The Balaban J connectivity index is 2.63. The SMILES string of the molecule is COCC(CNc1ccc(C(=O)O)c(C)c1)OC. The number of methoxy groups -OCH3 is 2. The number of nitrogens with one attached hydrogen (secondary N) is 1. The summed E-state index contributed by atoms with van der Waals surface area (Å²) >= 11 is 0. The Morgan fingerprint density at radius 1 is 1.44 bits per heavy atom. The van der Waals surface area contributed by atoms with Gasteiger partial charge < -0.3 is 19.9 Å². The first kappa shape index (κ1) is 14.5. The second-order valence-electron chi connectivity index (χ2n) is 4.03. The first-order valence-corrected chi connectivity index (χ1v) is 5.68. The van der Waals surface area contributed by atoms with Crippen LogP contribution in [0.4, 0.5) is 5.69 Å². The van der Waals surface area contributed by atoms with Crippen LogP contribution < -0.4 is 5.32 Å². The minimum Gasteiger partial charge on any atom is -0.478 e. The first-order chi connectivity index (χ1) is 8.58. The zero-order valence-corrected chi connectivity index (χ0v) is 10.9. The maximum Gasteiger partial charge on any atom is 0.335 e. The van der Waals surface area contributed by atoms with E-state index in [1.165, 1.54) is 0 Å². The van der Waals surface area contributed by atoms with Gasteiger partial charge in [0.25, 0.3) is 0 Å². The molecule has 0 aliphatic heterocycles. The fourth-order valence-electron chi connectivity index (χ4n) is 1.64. The summed E-state index contributed by atoms with van der Waals surface area (Å²) in [6, 6.07) is 5.15. The van der Waals surface area contributed by atoms with Gasteiger partial charge in [-0.3, -0.25) is 0 Å². The summed E-state index contributed by atoms with van der Waals surface area (Å²) < 4.78 is 10.2. The molecule has 100 valence electrons. The molecule has 2 N–H and O–H groups in total. The van der Waals surface area contributed by atoms with Crippen molar-refractivity contribution in [2.45, 2.75) is 13.0 Å². The normalized spacial score (nSPS) is 12.2. The number of carbonyl (C=O) groups is 1. The van der Waals surface area contributed by atoms with Crippen LogP contribution in [0.5, 0.6) is 0 Å². The third-order valence-electron chi connectivity index (χ3n) is 2.68. The summed E-state index contributed by atoms with van der Waals surface area (Å²) in [5.74, 6) is -0.909. The fraction of sp³-hybridized carbons (Fsp3) is 0.462. The van der Waals surface area contributed by atoms with Crippen molar-refractivity contribution in [1.82, 2.24) is 0 Å². The second kappa shape index (κ2) is 6.98. The third kappa shape index (κ3) is 4.01. The fourth-order valence-corrected chi connectivity index (χ4v) is 1.64. The minimum absolute atomic E-state index is 0.0329. The molecule has 0 saturated heterocycles. The predicted molar refractivity (Wildman–Crippen MR) is 69.3 cm³/mol. The smallest absolute Gasteiger partial charge is 0.335 e. The van der Waals surface area contributed by atoms with Crippen LogP contribution in [0.15, 0.2) is 18.2 Å². The van der Waals surface area contributed by atoms with Crippen LogP contribution in [0.25, 0.3) is 0 Å². The predicted octanol–water partition coefficient (Wildman–Crippen LogP) is 1.77. The summed E-state index contributed by atoms with van der Waals surface area (Å²) in [5, 5.41) is 12.1. The van der Waals surface area contributed by atoms with Gasteiger partial charge in [-0.25, -0.2) is 4.79 Å². The number of anilines is 1. The first-order valence-electron chi connectivity index (χ1n) is 5.68. The van der Waals surface area contributed by atoms with Crippen LogP contribution in [0, 0.1) is 6.92 Å². The Hall–Kier alpha value is -1.59. The standard InChI is InChI=1S/C13H19NO4/c1-9-6-10(4-5-12(9)13(15)16)14-7-11(18-3)8-17-2/h4-6,11,14H,7-8H2,1-3H3,(H,15,16). The summed E-state index contributed by atoms with van der Waals surface area (Å²) in [6.45, 7) is 2.89. The Bertz CT molecular complexity index is 406. The van der Waals surface area contributed by atoms with Gasteiger partial charge in [-0.05, 0) is 30.7 Å². The number of carboxylic acids is 1. The van der Waals surface area contributed by atoms with E-state index in [0.717, 1.165) is 11.3 Å². The van der Waals surface area contributed by atoms with Gasteiger partial charge in [0.05, 0.1) is 18.3 Å². The molecule has 0 amide bonds. The maximum atomic E-state index is 10.9. The summed E-state index contributed by atoms with van der Waals surface area (Å²) in [6.07, 6.45) is -0.0329. The van der Waals surface area contributed by atoms with Crippen molar-refractivity contribution in [3.63, 3.8) is 0 Å². The van der Waals surface area contributed by atoms with Crippen molar-refractivity contribution in [2.75, 3.05) is 32.7 Å². The van der Waals surface area contributed by atoms with Crippen molar-refractivity contribution < 1.29 is 19.4 Å². The number of rotatable bonds is 7. The van der Waals surface area contributed by atoms with Crippen LogP contribution in [0.1, 0.15) is 15.9 Å². The average Bonchev–Trinajstić information content (AvgIpc) is 2.34. The maximum absolute atomic E-state index is 10.9. The number of hydrogen-bond donors (Lipinski definition) is 2. The molecule has 0 aliphatic rings. The molecule has 0 radical (unpaired) electrons. The lowest BCUT2D eigenvalue weighted by Crippen LogP contribution is -2.26. The van der Waals surface area contributed by atoms with Gasteiger partial charge in [-0.1, -0.05) is 0 Å². The molecule has 1 atom stereocenters. The molecule has 0 aliphatic carbocycles. The molecule has 0 aromatic heterocycles.